The fourth-order valence-electron chi connectivity index (χ4n) is 4.85. The SMILES string of the molecule is O=C1O[C@@H](c2ccccc2)Cc2cc(C(=O)N3CCN(Cc4nc5ccccc5s4)CC3)ccc21. The Balaban J connectivity index is 1.12. The van der Waals surface area contributed by atoms with Crippen LogP contribution >= 0.6 is 11.3 Å². The lowest BCUT2D eigenvalue weighted by atomic mass is 9.93. The van der Waals surface area contributed by atoms with Crippen LogP contribution in [0.25, 0.3) is 10.2 Å². The van der Waals surface area contributed by atoms with Gasteiger partial charge in [-0.3, -0.25) is 9.69 Å². The van der Waals surface area contributed by atoms with E-state index in [2.05, 4.69) is 11.0 Å². The first-order chi connectivity index (χ1) is 17.1. The number of carbonyl (C=O) groups is 2. The molecule has 6 rings (SSSR count). The summed E-state index contributed by atoms with van der Waals surface area (Å²) in [5, 5.41) is 1.11. The van der Waals surface area contributed by atoms with Crippen LogP contribution in [0.1, 0.15) is 43.0 Å². The van der Waals surface area contributed by atoms with Crippen molar-refractivity contribution in [2.75, 3.05) is 26.2 Å². The number of benzene rings is 3. The van der Waals surface area contributed by atoms with E-state index in [0.29, 0.717) is 30.6 Å². The monoisotopic (exact) mass is 483 g/mol. The highest BCUT2D eigenvalue weighted by Gasteiger charge is 2.29. The smallest absolute Gasteiger partial charge is 0.339 e. The van der Waals surface area contributed by atoms with Crippen molar-refractivity contribution in [3.8, 4) is 0 Å². The number of cyclic esters (lactones) is 1. The summed E-state index contributed by atoms with van der Waals surface area (Å²) in [6.45, 7) is 3.79. The van der Waals surface area contributed by atoms with Crippen LogP contribution < -0.4 is 0 Å². The number of hydrogen-bond acceptors (Lipinski definition) is 6. The molecule has 4 aromatic rings. The van der Waals surface area contributed by atoms with Gasteiger partial charge in [-0.05, 0) is 41.5 Å². The van der Waals surface area contributed by atoms with E-state index in [-0.39, 0.29) is 18.0 Å². The second-order valence-electron chi connectivity index (χ2n) is 9.02. The van der Waals surface area contributed by atoms with Gasteiger partial charge in [0.25, 0.3) is 5.91 Å². The van der Waals surface area contributed by atoms with Gasteiger partial charge >= 0.3 is 5.97 Å². The number of fused-ring (bicyclic) bond motifs is 2. The van der Waals surface area contributed by atoms with Gasteiger partial charge in [0.05, 0.1) is 22.3 Å². The number of nitrogens with zero attached hydrogens (tertiary/aromatic N) is 3. The van der Waals surface area contributed by atoms with E-state index >= 15 is 0 Å². The molecule has 0 saturated carbocycles. The standard InChI is InChI=1S/C28H25N3O3S/c32-27(31-14-12-30(13-15-31)18-26-29-23-8-4-5-9-25(23)35-26)20-10-11-22-21(16-20)17-24(34-28(22)33)19-6-2-1-3-7-19/h1-11,16,24H,12-15,17-18H2/t24-/m1/s1. The molecule has 0 spiro atoms. The van der Waals surface area contributed by atoms with Gasteiger partial charge in [-0.1, -0.05) is 42.5 Å². The Kier molecular flexibility index (Phi) is 5.80. The lowest BCUT2D eigenvalue weighted by molar-refractivity contribution is 0.0252. The van der Waals surface area contributed by atoms with Crippen molar-refractivity contribution in [1.82, 2.24) is 14.8 Å². The van der Waals surface area contributed by atoms with E-state index in [1.165, 1.54) is 4.70 Å². The minimum Gasteiger partial charge on any atom is -0.454 e. The van der Waals surface area contributed by atoms with Crippen LogP contribution in [0.2, 0.25) is 0 Å². The maximum Gasteiger partial charge on any atom is 0.339 e. The number of aromatic nitrogens is 1. The fraction of sp³-hybridized carbons (Fsp3) is 0.250. The summed E-state index contributed by atoms with van der Waals surface area (Å²) >= 11 is 1.74. The number of piperazine rings is 1. The van der Waals surface area contributed by atoms with Gasteiger partial charge in [0, 0.05) is 38.2 Å². The number of ether oxygens (including phenoxy) is 1. The van der Waals surface area contributed by atoms with Gasteiger partial charge < -0.3 is 9.64 Å². The first-order valence-electron chi connectivity index (χ1n) is 11.9. The normalized spacial score (nSPS) is 18.3. The molecule has 0 unspecified atom stereocenters. The van der Waals surface area contributed by atoms with Gasteiger partial charge in [0.15, 0.2) is 0 Å². The maximum atomic E-state index is 13.3. The third kappa shape index (κ3) is 4.45. The van der Waals surface area contributed by atoms with Crippen LogP contribution in [0, 0.1) is 0 Å². The Labute approximate surface area is 207 Å². The van der Waals surface area contributed by atoms with Crippen molar-refractivity contribution in [3.63, 3.8) is 0 Å². The van der Waals surface area contributed by atoms with Crippen LogP contribution in [0.15, 0.2) is 72.8 Å². The summed E-state index contributed by atoms with van der Waals surface area (Å²) in [7, 11) is 0. The summed E-state index contributed by atoms with van der Waals surface area (Å²) < 4.78 is 6.86. The molecule has 35 heavy (non-hydrogen) atoms. The van der Waals surface area contributed by atoms with Crippen LogP contribution in [-0.2, 0) is 17.7 Å². The van der Waals surface area contributed by atoms with E-state index < -0.39 is 0 Å². The molecule has 6 nitrogen and oxygen atoms in total. The highest BCUT2D eigenvalue weighted by Crippen LogP contribution is 2.31. The molecule has 176 valence electrons. The van der Waals surface area contributed by atoms with E-state index in [0.717, 1.165) is 41.3 Å². The molecule has 0 N–H and O–H groups in total. The Morgan fingerprint density at radius 2 is 1.74 bits per heavy atom. The Bertz CT molecular complexity index is 1360. The molecular formula is C28H25N3O3S. The average Bonchev–Trinajstić information content (AvgIpc) is 3.31. The van der Waals surface area contributed by atoms with E-state index in [4.69, 9.17) is 9.72 Å². The summed E-state index contributed by atoms with van der Waals surface area (Å²) in [6, 6.07) is 23.3. The maximum absolute atomic E-state index is 13.3. The zero-order chi connectivity index (χ0) is 23.8. The Morgan fingerprint density at radius 3 is 2.54 bits per heavy atom. The van der Waals surface area contributed by atoms with E-state index in [9.17, 15) is 9.59 Å². The molecule has 1 fully saturated rings. The zero-order valence-corrected chi connectivity index (χ0v) is 20.0. The lowest BCUT2D eigenvalue weighted by Crippen LogP contribution is -2.48. The largest absolute Gasteiger partial charge is 0.454 e. The summed E-state index contributed by atoms with van der Waals surface area (Å²) in [6.07, 6.45) is 0.245. The van der Waals surface area contributed by atoms with Crippen LogP contribution in [0.3, 0.4) is 0 Å². The van der Waals surface area contributed by atoms with Gasteiger partial charge in [0.1, 0.15) is 11.1 Å². The molecule has 3 heterocycles. The van der Waals surface area contributed by atoms with Crippen LogP contribution in [0.4, 0.5) is 0 Å². The minimum atomic E-state index is -0.331. The minimum absolute atomic E-state index is 0.0163. The van der Waals surface area contributed by atoms with E-state index in [1.807, 2.05) is 59.5 Å². The predicted octanol–water partition coefficient (Wildman–Crippen LogP) is 4.71. The zero-order valence-electron chi connectivity index (χ0n) is 19.2. The van der Waals surface area contributed by atoms with Gasteiger partial charge in [-0.25, -0.2) is 9.78 Å². The topological polar surface area (TPSA) is 62.7 Å². The first kappa shape index (κ1) is 21.9. The van der Waals surface area contributed by atoms with Gasteiger partial charge in [-0.15, -0.1) is 11.3 Å². The van der Waals surface area contributed by atoms with Crippen LogP contribution in [-0.4, -0.2) is 52.8 Å². The number of rotatable bonds is 4. The number of hydrogen-bond donors (Lipinski definition) is 0. The Hall–Kier alpha value is -3.55. The third-order valence-corrected chi connectivity index (χ3v) is 7.78. The summed E-state index contributed by atoms with van der Waals surface area (Å²) in [5.74, 6) is -0.315. The molecule has 3 aromatic carbocycles. The van der Waals surface area contributed by atoms with Crippen molar-refractivity contribution in [2.45, 2.75) is 19.1 Å². The van der Waals surface area contributed by atoms with E-state index in [1.54, 1.807) is 23.5 Å². The number of para-hydroxylation sites is 1. The molecule has 0 radical (unpaired) electrons. The van der Waals surface area contributed by atoms with Crippen LogP contribution in [0.5, 0.6) is 0 Å². The molecule has 7 heteroatoms. The molecule has 2 aliphatic rings. The molecule has 0 bridgehead atoms. The third-order valence-electron chi connectivity index (χ3n) is 6.75. The summed E-state index contributed by atoms with van der Waals surface area (Å²) in [5.41, 5.74) is 4.06. The number of thiazole rings is 1. The second kappa shape index (κ2) is 9.24. The number of amides is 1. The van der Waals surface area contributed by atoms with Crippen molar-refractivity contribution < 1.29 is 14.3 Å². The average molecular weight is 484 g/mol. The van der Waals surface area contributed by atoms with Crippen molar-refractivity contribution in [3.05, 3.63) is 100 Å². The molecule has 1 saturated heterocycles. The molecule has 1 amide bonds. The number of esters is 1. The number of carbonyl (C=O) groups excluding carboxylic acids is 2. The quantitative estimate of drug-likeness (QED) is 0.394. The van der Waals surface area contributed by atoms with Gasteiger partial charge in [0.2, 0.25) is 0 Å². The summed E-state index contributed by atoms with van der Waals surface area (Å²) in [4.78, 5) is 34.9. The fourth-order valence-corrected chi connectivity index (χ4v) is 5.86. The predicted molar refractivity (Wildman–Crippen MR) is 136 cm³/mol. The highest BCUT2D eigenvalue weighted by molar-refractivity contribution is 7.18. The molecule has 2 aliphatic heterocycles. The van der Waals surface area contributed by atoms with Crippen molar-refractivity contribution >= 4 is 33.4 Å². The second-order valence-corrected chi connectivity index (χ2v) is 10.1. The molecule has 1 aromatic heterocycles. The molecular weight excluding hydrogens is 458 g/mol. The Morgan fingerprint density at radius 1 is 0.971 bits per heavy atom. The van der Waals surface area contributed by atoms with Crippen molar-refractivity contribution in [2.24, 2.45) is 0 Å². The molecule has 0 aliphatic carbocycles. The van der Waals surface area contributed by atoms with Gasteiger partial charge in [-0.2, -0.15) is 0 Å². The first-order valence-corrected chi connectivity index (χ1v) is 12.7. The van der Waals surface area contributed by atoms with Crippen molar-refractivity contribution in [1.29, 1.82) is 0 Å². The highest BCUT2D eigenvalue weighted by atomic mass is 32.1. The lowest BCUT2D eigenvalue weighted by Gasteiger charge is -2.34. The molecule has 1 atom stereocenters.